The molecule has 0 aliphatic carbocycles. The fourth-order valence-electron chi connectivity index (χ4n) is 5.35. The highest BCUT2D eigenvalue weighted by Gasteiger charge is 2.33. The van der Waals surface area contributed by atoms with Crippen LogP contribution in [0.1, 0.15) is 53.1 Å². The number of methoxy groups -OCH3 is 1. The second-order valence-corrected chi connectivity index (χ2v) is 9.00. The van der Waals surface area contributed by atoms with E-state index in [1.807, 2.05) is 25.3 Å². The predicted octanol–water partition coefficient (Wildman–Crippen LogP) is 4.22. The number of imidazole rings is 1. The van der Waals surface area contributed by atoms with E-state index in [4.69, 9.17) is 14.7 Å². The normalized spacial score (nSPS) is 18.9. The van der Waals surface area contributed by atoms with Crippen molar-refractivity contribution in [1.29, 1.82) is 0 Å². The zero-order valence-electron chi connectivity index (χ0n) is 20.2. The number of benzene rings is 2. The van der Waals surface area contributed by atoms with Gasteiger partial charge in [0.25, 0.3) is 0 Å². The number of rotatable bonds is 7. The van der Waals surface area contributed by atoms with Gasteiger partial charge in [0, 0.05) is 48.4 Å². The maximum atomic E-state index is 12.0. The van der Waals surface area contributed by atoms with Gasteiger partial charge in [-0.25, -0.2) is 10.5 Å². The van der Waals surface area contributed by atoms with Gasteiger partial charge in [0.2, 0.25) is 0 Å². The van der Waals surface area contributed by atoms with Crippen molar-refractivity contribution in [2.24, 2.45) is 0 Å². The molecule has 0 spiro atoms. The summed E-state index contributed by atoms with van der Waals surface area (Å²) in [7, 11) is 1.72. The summed E-state index contributed by atoms with van der Waals surface area (Å²) in [6.45, 7) is 6.32. The van der Waals surface area contributed by atoms with Gasteiger partial charge in [0.15, 0.2) is 5.82 Å². The Morgan fingerprint density at radius 2 is 2.20 bits per heavy atom. The average Bonchev–Trinajstić information content (AvgIpc) is 3.54. The zero-order valence-corrected chi connectivity index (χ0v) is 20.2. The number of aromatic nitrogens is 3. The fraction of sp³-hybridized carbons (Fsp3) is 0.385. The lowest BCUT2D eigenvalue weighted by atomic mass is 9.91. The second-order valence-electron chi connectivity index (χ2n) is 9.00. The largest absolute Gasteiger partial charge is 0.496 e. The summed E-state index contributed by atoms with van der Waals surface area (Å²) in [5.41, 5.74) is 7.57. The minimum absolute atomic E-state index is 0.0253. The number of H-pyrrole nitrogens is 2. The molecule has 1 aliphatic rings. The number of likely N-dealkylation sites (tertiary alicyclic amines) is 1. The zero-order chi connectivity index (χ0) is 24.5. The van der Waals surface area contributed by atoms with Crippen molar-refractivity contribution in [3.05, 3.63) is 59.0 Å². The van der Waals surface area contributed by atoms with Gasteiger partial charge in [0.05, 0.1) is 24.2 Å². The third-order valence-electron chi connectivity index (χ3n) is 6.98. The summed E-state index contributed by atoms with van der Waals surface area (Å²) in [4.78, 5) is 25.4. The van der Waals surface area contributed by atoms with Gasteiger partial charge in [-0.3, -0.25) is 14.9 Å². The van der Waals surface area contributed by atoms with Gasteiger partial charge in [-0.2, -0.15) is 0 Å². The SMILES string of the molecule is CCO[C@H]1CCN(Cc2c(OC)cc(C)c3[nH]ccc23)[C@H](c2cccc3[nH]c(C(=O)NO)nc23)C1. The van der Waals surface area contributed by atoms with Crippen molar-refractivity contribution >= 4 is 27.8 Å². The van der Waals surface area contributed by atoms with Crippen LogP contribution in [0.4, 0.5) is 0 Å². The smallest absolute Gasteiger partial charge is 0.310 e. The van der Waals surface area contributed by atoms with Crippen molar-refractivity contribution in [2.75, 3.05) is 20.3 Å². The molecule has 184 valence electrons. The molecule has 0 bridgehead atoms. The molecule has 1 saturated heterocycles. The third-order valence-corrected chi connectivity index (χ3v) is 6.98. The van der Waals surface area contributed by atoms with E-state index in [-0.39, 0.29) is 18.0 Å². The summed E-state index contributed by atoms with van der Waals surface area (Å²) in [6.07, 6.45) is 3.86. The third kappa shape index (κ3) is 4.27. The molecule has 1 amide bonds. The highest BCUT2D eigenvalue weighted by molar-refractivity contribution is 5.94. The number of aryl methyl sites for hydroxylation is 1. The Balaban J connectivity index is 1.58. The highest BCUT2D eigenvalue weighted by Crippen LogP contribution is 2.39. The number of nitrogens with zero attached hydrogens (tertiary/aromatic N) is 2. The first-order valence-electron chi connectivity index (χ1n) is 12.0. The predicted molar refractivity (Wildman–Crippen MR) is 133 cm³/mol. The van der Waals surface area contributed by atoms with Crippen LogP contribution in [-0.2, 0) is 11.3 Å². The first-order chi connectivity index (χ1) is 17.0. The van der Waals surface area contributed by atoms with E-state index in [1.165, 1.54) is 0 Å². The minimum Gasteiger partial charge on any atom is -0.496 e. The summed E-state index contributed by atoms with van der Waals surface area (Å²) in [6, 6.07) is 10.1. The van der Waals surface area contributed by atoms with Crippen molar-refractivity contribution in [3.63, 3.8) is 0 Å². The number of hydrogen-bond acceptors (Lipinski definition) is 6. The molecule has 1 aliphatic heterocycles. The van der Waals surface area contributed by atoms with Crippen LogP contribution < -0.4 is 10.2 Å². The van der Waals surface area contributed by atoms with E-state index in [2.05, 4.69) is 45.0 Å². The Labute approximate surface area is 203 Å². The van der Waals surface area contributed by atoms with Crippen molar-refractivity contribution in [3.8, 4) is 5.75 Å². The number of nitrogens with one attached hydrogen (secondary N) is 3. The summed E-state index contributed by atoms with van der Waals surface area (Å²) in [5, 5.41) is 10.2. The lowest BCUT2D eigenvalue weighted by Crippen LogP contribution is -2.39. The molecule has 9 nitrogen and oxygen atoms in total. The number of hydroxylamine groups is 1. The van der Waals surface area contributed by atoms with E-state index >= 15 is 0 Å². The molecule has 35 heavy (non-hydrogen) atoms. The van der Waals surface area contributed by atoms with Crippen molar-refractivity contribution < 1.29 is 19.5 Å². The van der Waals surface area contributed by atoms with Crippen LogP contribution in [0.2, 0.25) is 0 Å². The van der Waals surface area contributed by atoms with Gasteiger partial charge < -0.3 is 19.4 Å². The molecule has 2 aromatic carbocycles. The molecule has 0 saturated carbocycles. The average molecular weight is 478 g/mol. The standard InChI is InChI=1S/C26H31N5O4/c1-4-35-16-9-11-31(14-19-17-8-10-27-23(17)15(2)12-22(19)34-3)21(13-16)18-6-5-7-20-24(18)29-25(28-20)26(32)30-33/h5-8,10,12,16,21,27,33H,4,9,11,13-14H2,1-3H3,(H,28,29)(H,30,32)/t16-,21-/m0/s1. The quantitative estimate of drug-likeness (QED) is 0.234. The Hall–Kier alpha value is -3.40. The second kappa shape index (κ2) is 9.69. The maximum absolute atomic E-state index is 12.0. The number of hydrogen-bond donors (Lipinski definition) is 4. The van der Waals surface area contributed by atoms with Crippen molar-refractivity contribution in [1.82, 2.24) is 25.3 Å². The number of aromatic amines is 2. The molecule has 4 N–H and O–H groups in total. The van der Waals surface area contributed by atoms with Gasteiger partial charge in [-0.05, 0) is 56.0 Å². The first-order valence-corrected chi connectivity index (χ1v) is 12.0. The molecule has 2 aromatic heterocycles. The topological polar surface area (TPSA) is 116 Å². The van der Waals surface area contributed by atoms with Crippen LogP contribution in [0.5, 0.6) is 5.75 Å². The lowest BCUT2D eigenvalue weighted by molar-refractivity contribution is -0.0135. The number of carbonyl (C=O) groups excluding carboxylic acids is 1. The molecule has 2 atom stereocenters. The molecule has 3 heterocycles. The Bertz CT molecular complexity index is 1360. The van der Waals surface area contributed by atoms with Crippen LogP contribution in [0.25, 0.3) is 21.9 Å². The monoisotopic (exact) mass is 477 g/mol. The Morgan fingerprint density at radius 1 is 1.34 bits per heavy atom. The number of carbonyl (C=O) groups is 1. The van der Waals surface area contributed by atoms with E-state index in [9.17, 15) is 4.79 Å². The lowest BCUT2D eigenvalue weighted by Gasteiger charge is -2.40. The van der Waals surface area contributed by atoms with E-state index in [0.29, 0.717) is 13.2 Å². The summed E-state index contributed by atoms with van der Waals surface area (Å²) < 4.78 is 11.9. The van der Waals surface area contributed by atoms with E-state index in [0.717, 1.165) is 63.8 Å². The molecule has 5 rings (SSSR count). The minimum atomic E-state index is -0.668. The molecule has 9 heteroatoms. The number of fused-ring (bicyclic) bond motifs is 2. The molecular weight excluding hydrogens is 446 g/mol. The summed E-state index contributed by atoms with van der Waals surface area (Å²) >= 11 is 0. The van der Waals surface area contributed by atoms with Crippen LogP contribution >= 0.6 is 0 Å². The number of amides is 1. The van der Waals surface area contributed by atoms with Gasteiger partial charge >= 0.3 is 5.91 Å². The maximum Gasteiger partial charge on any atom is 0.310 e. The van der Waals surface area contributed by atoms with Crippen LogP contribution in [0.3, 0.4) is 0 Å². The Morgan fingerprint density at radius 3 is 2.97 bits per heavy atom. The molecule has 0 unspecified atom stereocenters. The molecular formula is C26H31N5O4. The van der Waals surface area contributed by atoms with Gasteiger partial charge in [0.1, 0.15) is 5.75 Å². The van der Waals surface area contributed by atoms with E-state index < -0.39 is 5.91 Å². The molecule has 4 aromatic rings. The highest BCUT2D eigenvalue weighted by atomic mass is 16.5. The van der Waals surface area contributed by atoms with Gasteiger partial charge in [-0.15, -0.1) is 0 Å². The number of ether oxygens (including phenoxy) is 2. The molecule has 1 fully saturated rings. The molecule has 0 radical (unpaired) electrons. The fourth-order valence-corrected chi connectivity index (χ4v) is 5.35. The number of piperidine rings is 1. The van der Waals surface area contributed by atoms with Crippen LogP contribution in [0.15, 0.2) is 36.5 Å². The van der Waals surface area contributed by atoms with Gasteiger partial charge in [-0.1, -0.05) is 12.1 Å². The number of para-hydroxylation sites is 1. The first kappa shape index (κ1) is 23.3. The Kier molecular flexibility index (Phi) is 6.46. The summed E-state index contributed by atoms with van der Waals surface area (Å²) in [5.74, 6) is 0.284. The van der Waals surface area contributed by atoms with Crippen LogP contribution in [-0.4, -0.2) is 57.3 Å². The van der Waals surface area contributed by atoms with Crippen molar-refractivity contribution in [2.45, 2.75) is 45.4 Å². The van der Waals surface area contributed by atoms with E-state index in [1.54, 1.807) is 12.6 Å². The van der Waals surface area contributed by atoms with Crippen LogP contribution in [0, 0.1) is 6.92 Å².